The van der Waals surface area contributed by atoms with Gasteiger partial charge in [0.2, 0.25) is 5.91 Å². The van der Waals surface area contributed by atoms with Crippen LogP contribution in [0.5, 0.6) is 0 Å². The minimum absolute atomic E-state index is 0. The lowest BCUT2D eigenvalue weighted by Crippen LogP contribution is -2.30. The average Bonchev–Trinajstić information content (AvgIpc) is 2.82. The van der Waals surface area contributed by atoms with Gasteiger partial charge in [0.05, 0.1) is 6.26 Å². The monoisotopic (exact) mass is 303 g/mol. The fraction of sp³-hybridized carbons (Fsp3) is 0.538. The summed E-state index contributed by atoms with van der Waals surface area (Å²) in [6.07, 6.45) is 3.32. The highest BCUT2D eigenvalue weighted by molar-refractivity contribution is 5.92. The van der Waals surface area contributed by atoms with Gasteiger partial charge in [-0.25, -0.2) is 0 Å². The molecule has 0 aliphatic carbocycles. The predicted octanol–water partition coefficient (Wildman–Crippen LogP) is 0.985. The quantitative estimate of drug-likeness (QED) is 0.624. The van der Waals surface area contributed by atoms with Crippen LogP contribution in [0.15, 0.2) is 16.7 Å². The maximum absolute atomic E-state index is 11.7. The van der Waals surface area contributed by atoms with Crippen molar-refractivity contribution in [2.24, 2.45) is 5.73 Å². The molecule has 0 radical (unpaired) electrons. The van der Waals surface area contributed by atoms with Crippen molar-refractivity contribution in [2.45, 2.75) is 26.2 Å². The molecule has 0 aliphatic rings. The van der Waals surface area contributed by atoms with Crippen molar-refractivity contribution in [1.29, 1.82) is 0 Å². The number of hydrogen-bond acceptors (Lipinski definition) is 4. The molecule has 6 nitrogen and oxygen atoms in total. The van der Waals surface area contributed by atoms with E-state index in [0.717, 1.165) is 5.56 Å². The molecule has 0 spiro atoms. The number of halogens is 1. The van der Waals surface area contributed by atoms with E-state index < -0.39 is 0 Å². The first-order valence-corrected chi connectivity index (χ1v) is 6.44. The van der Waals surface area contributed by atoms with E-state index in [-0.39, 0.29) is 24.2 Å². The van der Waals surface area contributed by atoms with Gasteiger partial charge in [0.15, 0.2) is 5.76 Å². The van der Waals surface area contributed by atoms with E-state index in [2.05, 4.69) is 10.6 Å². The summed E-state index contributed by atoms with van der Waals surface area (Å²) in [5, 5.41) is 5.51. The molecule has 1 heterocycles. The number of rotatable bonds is 8. The van der Waals surface area contributed by atoms with Gasteiger partial charge in [-0.1, -0.05) is 0 Å². The van der Waals surface area contributed by atoms with Gasteiger partial charge in [-0.2, -0.15) is 0 Å². The molecule has 114 valence electrons. The summed E-state index contributed by atoms with van der Waals surface area (Å²) in [6, 6.07) is 1.74. The molecule has 0 aromatic carbocycles. The first kappa shape index (κ1) is 18.5. The molecule has 0 aliphatic heterocycles. The van der Waals surface area contributed by atoms with Gasteiger partial charge >= 0.3 is 0 Å². The van der Waals surface area contributed by atoms with E-state index in [1.165, 1.54) is 6.26 Å². The summed E-state index contributed by atoms with van der Waals surface area (Å²) in [7, 11) is 0. The molecule has 20 heavy (non-hydrogen) atoms. The van der Waals surface area contributed by atoms with Gasteiger partial charge in [0.1, 0.15) is 0 Å². The lowest BCUT2D eigenvalue weighted by Gasteiger charge is -2.06. The third-order valence-corrected chi connectivity index (χ3v) is 2.64. The molecule has 0 bridgehead atoms. The zero-order chi connectivity index (χ0) is 14.1. The Kier molecular flexibility index (Phi) is 9.49. The minimum Gasteiger partial charge on any atom is -0.459 e. The van der Waals surface area contributed by atoms with Crippen molar-refractivity contribution in [3.63, 3.8) is 0 Å². The van der Waals surface area contributed by atoms with Crippen molar-refractivity contribution in [1.82, 2.24) is 10.6 Å². The largest absolute Gasteiger partial charge is 0.459 e. The van der Waals surface area contributed by atoms with Crippen LogP contribution >= 0.6 is 12.4 Å². The van der Waals surface area contributed by atoms with Gasteiger partial charge in [0, 0.05) is 25.1 Å². The average molecular weight is 304 g/mol. The van der Waals surface area contributed by atoms with Crippen LogP contribution in [0.3, 0.4) is 0 Å². The van der Waals surface area contributed by atoms with Gasteiger partial charge in [-0.3, -0.25) is 9.59 Å². The Labute approximate surface area is 124 Å². The van der Waals surface area contributed by atoms with Gasteiger partial charge in [-0.15, -0.1) is 12.4 Å². The first-order chi connectivity index (χ1) is 9.15. The molecule has 1 aromatic heterocycles. The molecule has 1 rings (SSSR count). The van der Waals surface area contributed by atoms with Crippen molar-refractivity contribution in [2.75, 3.05) is 19.6 Å². The van der Waals surface area contributed by atoms with Crippen LogP contribution in [-0.4, -0.2) is 31.4 Å². The van der Waals surface area contributed by atoms with Gasteiger partial charge in [0.25, 0.3) is 5.91 Å². The molecule has 0 saturated heterocycles. The van der Waals surface area contributed by atoms with Crippen molar-refractivity contribution < 1.29 is 14.0 Å². The predicted molar refractivity (Wildman–Crippen MR) is 78.9 cm³/mol. The second-order valence-electron chi connectivity index (χ2n) is 4.28. The number of carbonyl (C=O) groups excluding carboxylic acids is 2. The third kappa shape index (κ3) is 6.58. The summed E-state index contributed by atoms with van der Waals surface area (Å²) in [6.45, 7) is 3.37. The molecule has 1 aromatic rings. The first-order valence-electron chi connectivity index (χ1n) is 6.44. The van der Waals surface area contributed by atoms with Crippen LogP contribution in [0.4, 0.5) is 0 Å². The van der Waals surface area contributed by atoms with E-state index in [9.17, 15) is 9.59 Å². The molecular weight excluding hydrogens is 282 g/mol. The minimum atomic E-state index is -0.225. The molecule has 7 heteroatoms. The van der Waals surface area contributed by atoms with E-state index in [4.69, 9.17) is 10.2 Å². The zero-order valence-electron chi connectivity index (χ0n) is 11.6. The smallest absolute Gasteiger partial charge is 0.287 e. The second kappa shape index (κ2) is 10.3. The van der Waals surface area contributed by atoms with E-state index in [1.807, 2.05) is 6.92 Å². The summed E-state index contributed by atoms with van der Waals surface area (Å²) in [4.78, 5) is 22.9. The number of nitrogens with two attached hydrogens (primary N) is 1. The third-order valence-electron chi connectivity index (χ3n) is 2.64. The normalized spacial score (nSPS) is 9.70. The number of hydrogen-bond donors (Lipinski definition) is 3. The van der Waals surface area contributed by atoms with Crippen LogP contribution in [0.1, 0.15) is 35.4 Å². The lowest BCUT2D eigenvalue weighted by atomic mass is 10.2. The SMILES string of the molecule is Cc1ccoc1C(=O)NCCCNC(=O)CCCN.Cl. The molecule has 0 atom stereocenters. The molecule has 4 N–H and O–H groups in total. The fourth-order valence-corrected chi connectivity index (χ4v) is 1.55. The Morgan fingerprint density at radius 2 is 1.95 bits per heavy atom. The Morgan fingerprint density at radius 1 is 1.25 bits per heavy atom. The maximum Gasteiger partial charge on any atom is 0.287 e. The number of aryl methyl sites for hydroxylation is 1. The topological polar surface area (TPSA) is 97.4 Å². The van der Waals surface area contributed by atoms with E-state index in [0.29, 0.717) is 44.7 Å². The van der Waals surface area contributed by atoms with E-state index in [1.54, 1.807) is 6.07 Å². The summed E-state index contributed by atoms with van der Waals surface area (Å²) in [5.74, 6) is 0.114. The van der Waals surface area contributed by atoms with Crippen LogP contribution in [0, 0.1) is 6.92 Å². The Hall–Kier alpha value is -1.53. The second-order valence-corrected chi connectivity index (χ2v) is 4.28. The Morgan fingerprint density at radius 3 is 2.55 bits per heavy atom. The van der Waals surface area contributed by atoms with Crippen molar-refractivity contribution >= 4 is 24.2 Å². The van der Waals surface area contributed by atoms with Crippen LogP contribution < -0.4 is 16.4 Å². The fourth-order valence-electron chi connectivity index (χ4n) is 1.55. The highest BCUT2D eigenvalue weighted by atomic mass is 35.5. The molecule has 0 fully saturated rings. The number of amides is 2. The number of carbonyl (C=O) groups is 2. The van der Waals surface area contributed by atoms with Gasteiger partial charge < -0.3 is 20.8 Å². The van der Waals surface area contributed by atoms with Crippen molar-refractivity contribution in [3.8, 4) is 0 Å². The molecule has 2 amide bonds. The van der Waals surface area contributed by atoms with Crippen LogP contribution in [0.2, 0.25) is 0 Å². The van der Waals surface area contributed by atoms with Crippen LogP contribution in [0.25, 0.3) is 0 Å². The van der Waals surface area contributed by atoms with E-state index >= 15 is 0 Å². The Bertz CT molecular complexity index is 421. The lowest BCUT2D eigenvalue weighted by molar-refractivity contribution is -0.121. The molecule has 0 saturated carbocycles. The van der Waals surface area contributed by atoms with Crippen molar-refractivity contribution in [3.05, 3.63) is 23.7 Å². The Balaban J connectivity index is 0.00000361. The standard InChI is InChI=1S/C13H21N3O3.ClH/c1-10-5-9-19-12(10)13(18)16-8-3-7-15-11(17)4-2-6-14;/h5,9H,2-4,6-8,14H2,1H3,(H,15,17)(H,16,18);1H. The molecular formula is C13H22ClN3O3. The number of nitrogens with one attached hydrogen (secondary N) is 2. The van der Waals surface area contributed by atoms with Gasteiger partial charge in [-0.05, 0) is 32.4 Å². The summed E-state index contributed by atoms with van der Waals surface area (Å²) >= 11 is 0. The molecule has 0 unspecified atom stereocenters. The zero-order valence-corrected chi connectivity index (χ0v) is 12.4. The maximum atomic E-state index is 11.7. The highest BCUT2D eigenvalue weighted by Gasteiger charge is 2.11. The number of furan rings is 1. The summed E-state index contributed by atoms with van der Waals surface area (Å²) in [5.41, 5.74) is 6.12. The van der Waals surface area contributed by atoms with Crippen LogP contribution in [-0.2, 0) is 4.79 Å². The summed E-state index contributed by atoms with van der Waals surface area (Å²) < 4.78 is 5.07. The highest BCUT2D eigenvalue weighted by Crippen LogP contribution is 2.07.